The molecule has 1 atom stereocenters. The minimum atomic E-state index is -0.785. The van der Waals surface area contributed by atoms with Crippen LogP contribution in [0.15, 0.2) is 48.0 Å². The molecule has 1 aliphatic rings. The molecule has 2 N–H and O–H groups in total. The first kappa shape index (κ1) is 22.7. The van der Waals surface area contributed by atoms with Gasteiger partial charge in [0.1, 0.15) is 5.76 Å². The molecule has 7 heteroatoms. The molecule has 2 aromatic carbocycles. The number of phenols is 1. The summed E-state index contributed by atoms with van der Waals surface area (Å²) in [6, 6.07) is 10.3. The number of aromatic hydroxyl groups is 1. The Hall–Kier alpha value is -2.99. The maximum absolute atomic E-state index is 13.0. The number of hydrogen-bond acceptors (Lipinski definition) is 5. The van der Waals surface area contributed by atoms with Crippen molar-refractivity contribution in [3.8, 4) is 11.5 Å². The Labute approximate surface area is 186 Å². The Kier molecular flexibility index (Phi) is 7.23. The maximum atomic E-state index is 13.0. The zero-order chi connectivity index (χ0) is 22.5. The topological polar surface area (TPSA) is 87.1 Å². The molecule has 3 rings (SSSR count). The fourth-order valence-corrected chi connectivity index (χ4v) is 3.85. The van der Waals surface area contributed by atoms with Crippen molar-refractivity contribution >= 4 is 29.1 Å². The van der Waals surface area contributed by atoms with Crippen molar-refractivity contribution in [3.63, 3.8) is 0 Å². The summed E-state index contributed by atoms with van der Waals surface area (Å²) in [6.45, 7) is 4.58. The number of phenolic OH excluding ortho intramolecular Hbond substituents is 1. The van der Waals surface area contributed by atoms with Crippen molar-refractivity contribution in [2.75, 3.05) is 13.2 Å². The highest BCUT2D eigenvalue weighted by atomic mass is 35.5. The van der Waals surface area contributed by atoms with Crippen LogP contribution in [-0.2, 0) is 9.59 Å². The van der Waals surface area contributed by atoms with Crippen LogP contribution in [0.1, 0.15) is 50.3 Å². The van der Waals surface area contributed by atoms with Gasteiger partial charge in [-0.25, -0.2) is 0 Å². The standard InChI is InChI=1S/C24H26ClNO5/c1-3-5-6-13-26-21(16-9-12-18(27)19(14-16)31-4-2)20(23(29)24(26)30)22(28)15-7-10-17(25)11-8-15/h7-12,14,21,27-28H,3-6,13H2,1-2H3/b22-20-. The number of halogens is 1. The lowest BCUT2D eigenvalue weighted by molar-refractivity contribution is -0.139. The monoisotopic (exact) mass is 443 g/mol. The van der Waals surface area contributed by atoms with E-state index >= 15 is 0 Å². The zero-order valence-electron chi connectivity index (χ0n) is 17.6. The lowest BCUT2D eigenvalue weighted by Crippen LogP contribution is -2.30. The van der Waals surface area contributed by atoms with Crippen molar-refractivity contribution in [1.29, 1.82) is 0 Å². The fraction of sp³-hybridized carbons (Fsp3) is 0.333. The first-order valence-electron chi connectivity index (χ1n) is 10.4. The van der Waals surface area contributed by atoms with Crippen LogP contribution >= 0.6 is 11.6 Å². The van der Waals surface area contributed by atoms with E-state index < -0.39 is 17.7 Å². The highest BCUT2D eigenvalue weighted by Gasteiger charge is 2.46. The number of ether oxygens (including phenoxy) is 1. The third-order valence-electron chi connectivity index (χ3n) is 5.26. The summed E-state index contributed by atoms with van der Waals surface area (Å²) in [4.78, 5) is 27.4. The molecule has 1 aliphatic heterocycles. The SMILES string of the molecule is CCCCCN1C(=O)C(=O)/C(=C(\O)c2ccc(Cl)cc2)C1c1ccc(O)c(OCC)c1. The number of aliphatic hydroxyl groups is 1. The Morgan fingerprint density at radius 3 is 2.45 bits per heavy atom. The number of rotatable bonds is 8. The van der Waals surface area contributed by atoms with E-state index in [9.17, 15) is 19.8 Å². The summed E-state index contributed by atoms with van der Waals surface area (Å²) >= 11 is 5.94. The van der Waals surface area contributed by atoms with Crippen LogP contribution in [0.2, 0.25) is 5.02 Å². The number of Topliss-reactive ketones (excluding diaryl/α,β-unsaturated/α-hetero) is 1. The van der Waals surface area contributed by atoms with Gasteiger partial charge in [-0.3, -0.25) is 9.59 Å². The van der Waals surface area contributed by atoms with Gasteiger partial charge >= 0.3 is 0 Å². The Bertz CT molecular complexity index is 1000. The first-order chi connectivity index (χ1) is 14.9. The van der Waals surface area contributed by atoms with Crippen LogP contribution in [0.5, 0.6) is 11.5 Å². The summed E-state index contributed by atoms with van der Waals surface area (Å²) in [5.74, 6) is -1.43. The second kappa shape index (κ2) is 9.88. The number of amides is 1. The molecule has 0 aromatic heterocycles. The largest absolute Gasteiger partial charge is 0.507 e. The first-order valence-corrected chi connectivity index (χ1v) is 10.8. The molecule has 1 fully saturated rings. The van der Waals surface area contributed by atoms with E-state index in [0.29, 0.717) is 29.3 Å². The summed E-state index contributed by atoms with van der Waals surface area (Å²) in [5, 5.41) is 21.6. The average molecular weight is 444 g/mol. The Morgan fingerprint density at radius 1 is 1.10 bits per heavy atom. The van der Waals surface area contributed by atoms with Crippen LogP contribution in [0, 0.1) is 0 Å². The molecule has 0 spiro atoms. The molecule has 1 unspecified atom stereocenters. The van der Waals surface area contributed by atoms with Gasteiger partial charge in [-0.15, -0.1) is 0 Å². The molecule has 0 saturated carbocycles. The van der Waals surface area contributed by atoms with E-state index in [1.807, 2.05) is 0 Å². The molecule has 1 amide bonds. The van der Waals surface area contributed by atoms with Gasteiger partial charge in [0.15, 0.2) is 11.5 Å². The molecule has 0 radical (unpaired) electrons. The normalized spacial score (nSPS) is 17.9. The van der Waals surface area contributed by atoms with Gasteiger partial charge in [0, 0.05) is 17.1 Å². The number of nitrogens with zero attached hydrogens (tertiary/aromatic N) is 1. The van der Waals surface area contributed by atoms with Crippen molar-refractivity contribution in [1.82, 2.24) is 4.90 Å². The molecule has 0 bridgehead atoms. The van der Waals surface area contributed by atoms with Gasteiger partial charge in [0.05, 0.1) is 18.2 Å². The van der Waals surface area contributed by atoms with Crippen LogP contribution in [0.25, 0.3) is 5.76 Å². The van der Waals surface area contributed by atoms with Crippen molar-refractivity contribution < 1.29 is 24.5 Å². The predicted octanol–water partition coefficient (Wildman–Crippen LogP) is 5.06. The predicted molar refractivity (Wildman–Crippen MR) is 119 cm³/mol. The number of carbonyl (C=O) groups is 2. The van der Waals surface area contributed by atoms with Gasteiger partial charge in [0.25, 0.3) is 11.7 Å². The van der Waals surface area contributed by atoms with Gasteiger partial charge in [-0.1, -0.05) is 37.4 Å². The summed E-state index contributed by atoms with van der Waals surface area (Å²) in [6.07, 6.45) is 2.61. The summed E-state index contributed by atoms with van der Waals surface area (Å²) < 4.78 is 5.49. The van der Waals surface area contributed by atoms with Gasteiger partial charge in [-0.05, 0) is 55.3 Å². The van der Waals surface area contributed by atoms with Crippen LogP contribution in [-0.4, -0.2) is 40.0 Å². The zero-order valence-corrected chi connectivity index (χ0v) is 18.4. The second-order valence-corrected chi connectivity index (χ2v) is 7.80. The summed E-state index contributed by atoms with van der Waals surface area (Å²) in [5.41, 5.74) is 0.981. The summed E-state index contributed by atoms with van der Waals surface area (Å²) in [7, 11) is 0. The Balaban J connectivity index is 2.14. The van der Waals surface area contributed by atoms with Crippen LogP contribution in [0.3, 0.4) is 0 Å². The van der Waals surface area contributed by atoms with Gasteiger partial charge in [0.2, 0.25) is 0 Å². The van der Waals surface area contributed by atoms with Crippen LogP contribution in [0.4, 0.5) is 0 Å². The van der Waals surface area contributed by atoms with Crippen molar-refractivity contribution in [3.05, 3.63) is 64.2 Å². The molecular formula is C24H26ClNO5. The Morgan fingerprint density at radius 2 is 1.81 bits per heavy atom. The number of benzene rings is 2. The van der Waals surface area contributed by atoms with E-state index in [1.54, 1.807) is 43.3 Å². The number of aliphatic hydroxyl groups excluding tert-OH is 1. The lowest BCUT2D eigenvalue weighted by atomic mass is 9.95. The van der Waals surface area contributed by atoms with E-state index in [1.165, 1.54) is 11.0 Å². The molecule has 31 heavy (non-hydrogen) atoms. The number of ketones is 1. The fourth-order valence-electron chi connectivity index (χ4n) is 3.72. The lowest BCUT2D eigenvalue weighted by Gasteiger charge is -2.26. The molecule has 6 nitrogen and oxygen atoms in total. The van der Waals surface area contributed by atoms with Gasteiger partial charge in [-0.2, -0.15) is 0 Å². The third-order valence-corrected chi connectivity index (χ3v) is 5.51. The van der Waals surface area contributed by atoms with E-state index in [-0.39, 0.29) is 22.8 Å². The minimum absolute atomic E-state index is 0.0111. The molecule has 1 heterocycles. The molecule has 0 aliphatic carbocycles. The molecular weight excluding hydrogens is 418 g/mol. The van der Waals surface area contributed by atoms with Crippen LogP contribution < -0.4 is 4.74 Å². The number of carbonyl (C=O) groups excluding carboxylic acids is 2. The smallest absolute Gasteiger partial charge is 0.295 e. The van der Waals surface area contributed by atoms with E-state index in [2.05, 4.69) is 6.92 Å². The quantitative estimate of drug-likeness (QED) is 0.258. The molecule has 1 saturated heterocycles. The van der Waals surface area contributed by atoms with Gasteiger partial charge < -0.3 is 19.8 Å². The highest BCUT2D eigenvalue weighted by Crippen LogP contribution is 2.42. The third kappa shape index (κ3) is 4.69. The minimum Gasteiger partial charge on any atom is -0.507 e. The highest BCUT2D eigenvalue weighted by molar-refractivity contribution is 6.46. The number of unbranched alkanes of at least 4 members (excludes halogenated alkanes) is 2. The number of likely N-dealkylation sites (tertiary alicyclic amines) is 1. The van der Waals surface area contributed by atoms with E-state index in [0.717, 1.165) is 19.3 Å². The molecule has 164 valence electrons. The second-order valence-electron chi connectivity index (χ2n) is 7.37. The molecule has 2 aromatic rings. The van der Waals surface area contributed by atoms with Crippen molar-refractivity contribution in [2.24, 2.45) is 0 Å². The van der Waals surface area contributed by atoms with E-state index in [4.69, 9.17) is 16.3 Å². The maximum Gasteiger partial charge on any atom is 0.295 e. The number of hydrogen-bond donors (Lipinski definition) is 2. The van der Waals surface area contributed by atoms with Crippen molar-refractivity contribution in [2.45, 2.75) is 39.2 Å². The average Bonchev–Trinajstić information content (AvgIpc) is 3.01.